The lowest BCUT2D eigenvalue weighted by Gasteiger charge is -2.40. The Morgan fingerprint density at radius 2 is 1.52 bits per heavy atom. The summed E-state index contributed by atoms with van der Waals surface area (Å²) >= 11 is 0. The summed E-state index contributed by atoms with van der Waals surface area (Å²) in [5.74, 6) is 0.364. The van der Waals surface area contributed by atoms with Crippen molar-refractivity contribution in [2.24, 2.45) is 0 Å². The number of nitrogens with zero attached hydrogens (tertiary/aromatic N) is 1. The Morgan fingerprint density at radius 1 is 0.963 bits per heavy atom. The molecule has 1 aliphatic heterocycles. The van der Waals surface area contributed by atoms with Crippen molar-refractivity contribution in [1.82, 2.24) is 4.90 Å². The van der Waals surface area contributed by atoms with Gasteiger partial charge in [-0.3, -0.25) is 9.59 Å². The van der Waals surface area contributed by atoms with Gasteiger partial charge < -0.3 is 14.4 Å². The van der Waals surface area contributed by atoms with Crippen LogP contribution in [0.25, 0.3) is 0 Å². The monoisotopic (exact) mass is 367 g/mol. The lowest BCUT2D eigenvalue weighted by Crippen LogP contribution is -2.51. The summed E-state index contributed by atoms with van der Waals surface area (Å²) in [4.78, 5) is 27.1. The lowest BCUT2D eigenvalue weighted by molar-refractivity contribution is -0.152. The minimum absolute atomic E-state index is 0.0645. The zero-order chi connectivity index (χ0) is 19.3. The molecule has 142 valence electrons. The average molecular weight is 367 g/mol. The molecule has 2 aromatic rings. The van der Waals surface area contributed by atoms with Crippen LogP contribution in [0, 0.1) is 0 Å². The number of likely N-dealkylation sites (tertiary alicyclic amines) is 1. The van der Waals surface area contributed by atoms with Gasteiger partial charge in [0, 0.05) is 13.1 Å². The van der Waals surface area contributed by atoms with E-state index in [-0.39, 0.29) is 11.9 Å². The van der Waals surface area contributed by atoms with Gasteiger partial charge in [-0.1, -0.05) is 48.5 Å². The number of benzene rings is 2. The molecule has 0 aromatic heterocycles. The van der Waals surface area contributed by atoms with Crippen LogP contribution in [0.15, 0.2) is 60.7 Å². The van der Waals surface area contributed by atoms with Crippen molar-refractivity contribution in [1.29, 1.82) is 0 Å². The SMILES string of the molecule is COC(=O)C1(c2ccccc2)CCN(C(=O)C(C)Oc2ccccc2)CC1. The number of piperidine rings is 1. The topological polar surface area (TPSA) is 55.8 Å². The van der Waals surface area contributed by atoms with Gasteiger partial charge in [0.25, 0.3) is 5.91 Å². The molecule has 1 fully saturated rings. The highest BCUT2D eigenvalue weighted by molar-refractivity contribution is 5.85. The molecule has 0 radical (unpaired) electrons. The zero-order valence-corrected chi connectivity index (χ0v) is 15.8. The molecular formula is C22H25NO4. The highest BCUT2D eigenvalue weighted by Crippen LogP contribution is 2.37. The Labute approximate surface area is 159 Å². The molecule has 3 rings (SSSR count). The molecule has 0 saturated carbocycles. The van der Waals surface area contributed by atoms with Gasteiger partial charge in [-0.05, 0) is 37.5 Å². The van der Waals surface area contributed by atoms with E-state index in [1.807, 2.05) is 60.7 Å². The van der Waals surface area contributed by atoms with Crippen molar-refractivity contribution in [3.63, 3.8) is 0 Å². The lowest BCUT2D eigenvalue weighted by atomic mass is 9.72. The molecule has 5 heteroatoms. The van der Waals surface area contributed by atoms with Crippen LogP contribution in [-0.4, -0.2) is 43.1 Å². The second-order valence-electron chi connectivity index (χ2n) is 6.84. The van der Waals surface area contributed by atoms with Gasteiger partial charge in [0.15, 0.2) is 6.10 Å². The first kappa shape index (κ1) is 19.0. The van der Waals surface area contributed by atoms with E-state index in [2.05, 4.69) is 0 Å². The van der Waals surface area contributed by atoms with E-state index in [9.17, 15) is 9.59 Å². The molecular weight excluding hydrogens is 342 g/mol. The second-order valence-corrected chi connectivity index (χ2v) is 6.84. The predicted molar refractivity (Wildman–Crippen MR) is 102 cm³/mol. The van der Waals surface area contributed by atoms with E-state index < -0.39 is 11.5 Å². The van der Waals surface area contributed by atoms with Gasteiger partial charge in [0.05, 0.1) is 12.5 Å². The van der Waals surface area contributed by atoms with Crippen LogP contribution in [0.3, 0.4) is 0 Å². The number of amides is 1. The molecule has 1 aliphatic rings. The first-order valence-corrected chi connectivity index (χ1v) is 9.21. The quantitative estimate of drug-likeness (QED) is 0.762. The van der Waals surface area contributed by atoms with Gasteiger partial charge in [-0.25, -0.2) is 0 Å². The third-order valence-electron chi connectivity index (χ3n) is 5.24. The average Bonchev–Trinajstić information content (AvgIpc) is 2.74. The maximum absolute atomic E-state index is 12.8. The van der Waals surface area contributed by atoms with Crippen LogP contribution in [0.2, 0.25) is 0 Å². The Hall–Kier alpha value is -2.82. The minimum Gasteiger partial charge on any atom is -0.481 e. The van der Waals surface area contributed by atoms with Gasteiger partial charge in [0.1, 0.15) is 5.75 Å². The summed E-state index contributed by atoms with van der Waals surface area (Å²) in [6.07, 6.45) is 0.496. The van der Waals surface area contributed by atoms with E-state index in [1.54, 1.807) is 11.8 Å². The summed E-state index contributed by atoms with van der Waals surface area (Å²) in [5.41, 5.74) is 0.244. The molecule has 1 saturated heterocycles. The number of carbonyl (C=O) groups excluding carboxylic acids is 2. The van der Waals surface area contributed by atoms with Gasteiger partial charge in [0.2, 0.25) is 0 Å². The fraction of sp³-hybridized carbons (Fsp3) is 0.364. The van der Waals surface area contributed by atoms with Crippen molar-refractivity contribution in [2.75, 3.05) is 20.2 Å². The minimum atomic E-state index is -0.698. The maximum atomic E-state index is 12.8. The highest BCUT2D eigenvalue weighted by Gasteiger charge is 2.45. The molecule has 1 heterocycles. The normalized spacial score (nSPS) is 17.0. The molecule has 27 heavy (non-hydrogen) atoms. The summed E-state index contributed by atoms with van der Waals surface area (Å²) in [6.45, 7) is 2.74. The number of para-hydroxylation sites is 1. The third-order valence-corrected chi connectivity index (χ3v) is 5.24. The van der Waals surface area contributed by atoms with Gasteiger partial charge in [-0.15, -0.1) is 0 Å². The third kappa shape index (κ3) is 3.97. The molecule has 1 amide bonds. The van der Waals surface area contributed by atoms with Crippen molar-refractivity contribution in [2.45, 2.75) is 31.3 Å². The fourth-order valence-electron chi connectivity index (χ4n) is 3.68. The van der Waals surface area contributed by atoms with Crippen LogP contribution in [0.5, 0.6) is 5.75 Å². The van der Waals surface area contributed by atoms with E-state index >= 15 is 0 Å². The Bertz CT molecular complexity index is 767. The highest BCUT2D eigenvalue weighted by atomic mass is 16.5. The molecule has 5 nitrogen and oxygen atoms in total. The van der Waals surface area contributed by atoms with Gasteiger partial charge >= 0.3 is 5.97 Å². The first-order chi connectivity index (χ1) is 13.1. The molecule has 2 aromatic carbocycles. The Balaban J connectivity index is 1.69. The molecule has 1 unspecified atom stereocenters. The summed E-state index contributed by atoms with van der Waals surface area (Å²) in [6, 6.07) is 19.0. The van der Waals surface area contributed by atoms with Crippen molar-refractivity contribution >= 4 is 11.9 Å². The largest absolute Gasteiger partial charge is 0.481 e. The zero-order valence-electron chi connectivity index (χ0n) is 15.8. The number of hydrogen-bond donors (Lipinski definition) is 0. The molecule has 0 N–H and O–H groups in total. The summed E-state index contributed by atoms with van der Waals surface area (Å²) in [7, 11) is 1.42. The Kier molecular flexibility index (Phi) is 5.79. The van der Waals surface area contributed by atoms with Crippen molar-refractivity contribution < 1.29 is 19.1 Å². The van der Waals surface area contributed by atoms with Crippen molar-refractivity contribution in [3.05, 3.63) is 66.2 Å². The summed E-state index contributed by atoms with van der Waals surface area (Å²) < 4.78 is 10.9. The van der Waals surface area contributed by atoms with E-state index in [1.165, 1.54) is 7.11 Å². The number of hydrogen-bond acceptors (Lipinski definition) is 4. The second kappa shape index (κ2) is 8.25. The van der Waals surface area contributed by atoms with Crippen molar-refractivity contribution in [3.8, 4) is 5.75 Å². The fourth-order valence-corrected chi connectivity index (χ4v) is 3.68. The van der Waals surface area contributed by atoms with E-state index in [4.69, 9.17) is 9.47 Å². The predicted octanol–water partition coefficient (Wildman–Crippen LogP) is 3.19. The molecule has 1 atom stereocenters. The molecule has 0 bridgehead atoms. The standard InChI is InChI=1S/C22H25NO4/c1-17(27-19-11-7-4-8-12-19)20(24)23-15-13-22(14-16-23,21(25)26-2)18-9-5-3-6-10-18/h3-12,17H,13-16H2,1-2H3. The van der Waals surface area contributed by atoms with E-state index in [0.29, 0.717) is 31.7 Å². The Morgan fingerprint density at radius 3 is 2.07 bits per heavy atom. The van der Waals surface area contributed by atoms with Crippen LogP contribution >= 0.6 is 0 Å². The van der Waals surface area contributed by atoms with Crippen LogP contribution < -0.4 is 4.74 Å². The first-order valence-electron chi connectivity index (χ1n) is 9.21. The molecule has 0 aliphatic carbocycles. The van der Waals surface area contributed by atoms with E-state index in [0.717, 1.165) is 5.56 Å². The number of rotatable bonds is 5. The smallest absolute Gasteiger partial charge is 0.316 e. The van der Waals surface area contributed by atoms with Gasteiger partial charge in [-0.2, -0.15) is 0 Å². The molecule has 0 spiro atoms. The number of esters is 1. The summed E-state index contributed by atoms with van der Waals surface area (Å²) in [5, 5.41) is 0. The number of carbonyl (C=O) groups is 2. The van der Waals surface area contributed by atoms with Crippen LogP contribution in [0.4, 0.5) is 0 Å². The number of ether oxygens (including phenoxy) is 2. The number of methoxy groups -OCH3 is 1. The maximum Gasteiger partial charge on any atom is 0.316 e. The van der Waals surface area contributed by atoms with Crippen LogP contribution in [0.1, 0.15) is 25.3 Å². The van der Waals surface area contributed by atoms with Crippen LogP contribution in [-0.2, 0) is 19.7 Å².